The summed E-state index contributed by atoms with van der Waals surface area (Å²) in [5.74, 6) is -0.449. The van der Waals surface area contributed by atoms with Gasteiger partial charge in [0.05, 0.1) is 0 Å². The number of carbonyl (C=O) groups is 1. The zero-order valence-corrected chi connectivity index (χ0v) is 16.9. The molecule has 4 nitrogen and oxygen atoms in total. The van der Waals surface area contributed by atoms with Crippen LogP contribution in [0.2, 0.25) is 0 Å². The van der Waals surface area contributed by atoms with E-state index in [4.69, 9.17) is 4.74 Å². The predicted octanol–water partition coefficient (Wildman–Crippen LogP) is 5.96. The standard InChI is InChI=1S/C22H37NO3/c1-4-7-12-17-23(18-13-8-5-2)21(16-9-6-3)26-20-15-11-10-14-19(20)22(24)25/h10-11,14-15,21H,4-9,12-13,16-18H2,1-3H3,(H,24,25)/t21-/m0/s1. The van der Waals surface area contributed by atoms with Crippen molar-refractivity contribution >= 4 is 5.97 Å². The minimum Gasteiger partial charge on any atom is -0.478 e. The van der Waals surface area contributed by atoms with Crippen molar-refractivity contribution in [3.05, 3.63) is 29.8 Å². The number of ether oxygens (including phenoxy) is 1. The van der Waals surface area contributed by atoms with Crippen LogP contribution in [-0.4, -0.2) is 35.3 Å². The van der Waals surface area contributed by atoms with Gasteiger partial charge in [-0.3, -0.25) is 4.90 Å². The highest BCUT2D eigenvalue weighted by molar-refractivity contribution is 5.90. The normalized spacial score (nSPS) is 12.3. The average Bonchev–Trinajstić information content (AvgIpc) is 2.64. The number of carboxylic acids is 1. The zero-order valence-electron chi connectivity index (χ0n) is 16.9. The number of aromatic carboxylic acids is 1. The maximum Gasteiger partial charge on any atom is 0.339 e. The first-order valence-corrected chi connectivity index (χ1v) is 10.4. The molecule has 0 unspecified atom stereocenters. The minimum atomic E-state index is -0.932. The summed E-state index contributed by atoms with van der Waals surface area (Å²) in [5.41, 5.74) is 0.246. The average molecular weight is 364 g/mol. The van der Waals surface area contributed by atoms with Crippen LogP contribution in [0.15, 0.2) is 24.3 Å². The molecular formula is C22H37NO3. The van der Waals surface area contributed by atoms with Gasteiger partial charge in [-0.15, -0.1) is 0 Å². The van der Waals surface area contributed by atoms with Gasteiger partial charge in [-0.05, 0) is 37.8 Å². The van der Waals surface area contributed by atoms with Gasteiger partial charge in [0, 0.05) is 13.1 Å². The van der Waals surface area contributed by atoms with E-state index in [-0.39, 0.29) is 11.8 Å². The minimum absolute atomic E-state index is 0.0517. The van der Waals surface area contributed by atoms with Crippen LogP contribution in [0.1, 0.15) is 88.9 Å². The molecule has 0 amide bonds. The van der Waals surface area contributed by atoms with Gasteiger partial charge in [-0.2, -0.15) is 0 Å². The van der Waals surface area contributed by atoms with Crippen LogP contribution in [-0.2, 0) is 0 Å². The van der Waals surface area contributed by atoms with Crippen molar-refractivity contribution in [1.82, 2.24) is 4.90 Å². The number of rotatable bonds is 15. The molecule has 0 aliphatic carbocycles. The monoisotopic (exact) mass is 363 g/mol. The number of unbranched alkanes of at least 4 members (excludes halogenated alkanes) is 5. The second-order valence-corrected chi connectivity index (χ2v) is 6.97. The summed E-state index contributed by atoms with van der Waals surface area (Å²) in [6.45, 7) is 8.65. The highest BCUT2D eigenvalue weighted by Crippen LogP contribution is 2.23. The zero-order chi connectivity index (χ0) is 19.2. The number of hydrogen-bond acceptors (Lipinski definition) is 3. The summed E-state index contributed by atoms with van der Waals surface area (Å²) in [5, 5.41) is 9.45. The Hall–Kier alpha value is -1.55. The molecule has 1 aromatic carbocycles. The van der Waals surface area contributed by atoms with Gasteiger partial charge in [0.1, 0.15) is 11.3 Å². The smallest absolute Gasteiger partial charge is 0.339 e. The van der Waals surface area contributed by atoms with Gasteiger partial charge in [-0.1, -0.05) is 65.0 Å². The molecule has 0 saturated heterocycles. The van der Waals surface area contributed by atoms with Gasteiger partial charge in [0.25, 0.3) is 0 Å². The molecule has 148 valence electrons. The third-order valence-corrected chi connectivity index (χ3v) is 4.69. The lowest BCUT2D eigenvalue weighted by molar-refractivity contribution is 0.0135. The summed E-state index contributed by atoms with van der Waals surface area (Å²) in [6.07, 6.45) is 10.2. The first-order chi connectivity index (χ1) is 12.6. The van der Waals surface area contributed by atoms with Crippen LogP contribution in [0.3, 0.4) is 0 Å². The fourth-order valence-corrected chi connectivity index (χ4v) is 3.12. The Bertz CT molecular complexity index is 494. The van der Waals surface area contributed by atoms with Crippen molar-refractivity contribution in [2.24, 2.45) is 0 Å². The van der Waals surface area contributed by atoms with Crippen LogP contribution >= 0.6 is 0 Å². The van der Waals surface area contributed by atoms with E-state index < -0.39 is 5.97 Å². The molecule has 1 aromatic rings. The molecule has 0 bridgehead atoms. The molecule has 4 heteroatoms. The van der Waals surface area contributed by atoms with Crippen molar-refractivity contribution < 1.29 is 14.6 Å². The first-order valence-electron chi connectivity index (χ1n) is 10.4. The number of nitrogens with zero attached hydrogens (tertiary/aromatic N) is 1. The van der Waals surface area contributed by atoms with Crippen molar-refractivity contribution in [2.45, 2.75) is 84.8 Å². The summed E-state index contributed by atoms with van der Waals surface area (Å²) in [7, 11) is 0. The second kappa shape index (κ2) is 13.6. The molecule has 26 heavy (non-hydrogen) atoms. The summed E-state index contributed by atoms with van der Waals surface area (Å²) < 4.78 is 6.28. The Morgan fingerprint density at radius 3 is 2.08 bits per heavy atom. The number of carboxylic acid groups (broad SMARTS) is 1. The maximum atomic E-state index is 11.5. The Labute approximate surface area is 159 Å². The van der Waals surface area contributed by atoms with Crippen molar-refractivity contribution in [1.29, 1.82) is 0 Å². The lowest BCUT2D eigenvalue weighted by atomic mass is 10.1. The van der Waals surface area contributed by atoms with Gasteiger partial charge >= 0.3 is 5.97 Å². The first kappa shape index (κ1) is 22.5. The van der Waals surface area contributed by atoms with E-state index in [0.29, 0.717) is 5.75 Å². The topological polar surface area (TPSA) is 49.8 Å². The predicted molar refractivity (Wildman–Crippen MR) is 108 cm³/mol. The number of benzene rings is 1. The van der Waals surface area contributed by atoms with E-state index >= 15 is 0 Å². The van der Waals surface area contributed by atoms with Crippen LogP contribution in [0.25, 0.3) is 0 Å². The third-order valence-electron chi connectivity index (χ3n) is 4.69. The van der Waals surface area contributed by atoms with E-state index in [1.807, 2.05) is 6.07 Å². The van der Waals surface area contributed by atoms with E-state index in [9.17, 15) is 9.90 Å². The van der Waals surface area contributed by atoms with E-state index in [2.05, 4.69) is 25.7 Å². The van der Waals surface area contributed by atoms with Crippen molar-refractivity contribution in [3.63, 3.8) is 0 Å². The van der Waals surface area contributed by atoms with Gasteiger partial charge in [-0.25, -0.2) is 4.79 Å². The maximum absolute atomic E-state index is 11.5. The van der Waals surface area contributed by atoms with Crippen molar-refractivity contribution in [2.75, 3.05) is 13.1 Å². The van der Waals surface area contributed by atoms with Crippen molar-refractivity contribution in [3.8, 4) is 5.75 Å². The highest BCUT2D eigenvalue weighted by atomic mass is 16.5. The fraction of sp³-hybridized carbons (Fsp3) is 0.682. The molecule has 0 fully saturated rings. The number of hydrogen-bond donors (Lipinski definition) is 1. The summed E-state index contributed by atoms with van der Waals surface area (Å²) >= 11 is 0. The molecular weight excluding hydrogens is 326 g/mol. The molecule has 0 heterocycles. The van der Waals surface area contributed by atoms with Crippen LogP contribution in [0.4, 0.5) is 0 Å². The van der Waals surface area contributed by atoms with Crippen LogP contribution in [0.5, 0.6) is 5.75 Å². The number of para-hydroxylation sites is 1. The lowest BCUT2D eigenvalue weighted by Gasteiger charge is -2.32. The quantitative estimate of drug-likeness (QED) is 0.308. The van der Waals surface area contributed by atoms with Crippen LogP contribution in [0, 0.1) is 0 Å². The summed E-state index contributed by atoms with van der Waals surface area (Å²) in [4.78, 5) is 13.9. The second-order valence-electron chi connectivity index (χ2n) is 6.97. The molecule has 1 atom stereocenters. The Morgan fingerprint density at radius 2 is 1.54 bits per heavy atom. The van der Waals surface area contributed by atoms with E-state index in [1.54, 1.807) is 18.2 Å². The molecule has 0 spiro atoms. The highest BCUT2D eigenvalue weighted by Gasteiger charge is 2.21. The van der Waals surface area contributed by atoms with Gasteiger partial charge < -0.3 is 9.84 Å². The van der Waals surface area contributed by atoms with E-state index in [1.165, 1.54) is 25.7 Å². The largest absolute Gasteiger partial charge is 0.478 e. The Kier molecular flexibility index (Phi) is 11.8. The van der Waals surface area contributed by atoms with Gasteiger partial charge in [0.15, 0.2) is 6.23 Å². The fourth-order valence-electron chi connectivity index (χ4n) is 3.12. The molecule has 1 N–H and O–H groups in total. The molecule has 0 aliphatic rings. The van der Waals surface area contributed by atoms with E-state index in [0.717, 1.165) is 45.2 Å². The molecule has 0 radical (unpaired) electrons. The SMILES string of the molecule is CCCCCN(CCCCC)[C@H](CCCC)Oc1ccccc1C(=O)O. The molecule has 0 aromatic heterocycles. The Morgan fingerprint density at radius 1 is 0.962 bits per heavy atom. The third kappa shape index (κ3) is 8.22. The van der Waals surface area contributed by atoms with Crippen LogP contribution < -0.4 is 4.74 Å². The molecule has 0 aliphatic heterocycles. The lowest BCUT2D eigenvalue weighted by Crippen LogP contribution is -2.41. The van der Waals surface area contributed by atoms with Gasteiger partial charge in [0.2, 0.25) is 0 Å². The Balaban J connectivity index is 2.92. The molecule has 0 saturated carbocycles. The summed E-state index contributed by atoms with van der Waals surface area (Å²) in [6, 6.07) is 6.99. The molecule has 1 rings (SSSR count).